The maximum atomic E-state index is 12.2. The zero-order valence-corrected chi connectivity index (χ0v) is 15.1. The van der Waals surface area contributed by atoms with Gasteiger partial charge in [-0.15, -0.1) is 12.4 Å². The maximum Gasteiger partial charge on any atom is 0.240 e. The number of likely N-dealkylation sites (N-methyl/N-ethyl adjacent to an activating group) is 1. The molecular weight excluding hydrogens is 338 g/mol. The van der Waals surface area contributed by atoms with Crippen LogP contribution in [0.3, 0.4) is 0 Å². The molecule has 0 atom stereocenters. The zero-order chi connectivity index (χ0) is 16.2. The van der Waals surface area contributed by atoms with Crippen molar-refractivity contribution in [3.63, 3.8) is 0 Å². The van der Waals surface area contributed by atoms with Crippen molar-refractivity contribution in [3.8, 4) is 0 Å². The van der Waals surface area contributed by atoms with E-state index in [0.29, 0.717) is 37.5 Å². The Hall–Kier alpha value is -1.15. The van der Waals surface area contributed by atoms with E-state index in [4.69, 9.17) is 0 Å². The first-order chi connectivity index (χ1) is 10.4. The Morgan fingerprint density at radius 2 is 1.83 bits per heavy atom. The molecule has 0 aliphatic carbocycles. The molecule has 0 fully saturated rings. The minimum absolute atomic E-state index is 0. The van der Waals surface area contributed by atoms with E-state index in [0.717, 1.165) is 17.5 Å². The summed E-state index contributed by atoms with van der Waals surface area (Å²) in [5.74, 6) is 0.0642. The molecule has 0 unspecified atom stereocenters. The van der Waals surface area contributed by atoms with Crippen LogP contribution in [0.2, 0.25) is 0 Å². The Morgan fingerprint density at radius 3 is 2.43 bits per heavy atom. The molecule has 2 rings (SSSR count). The van der Waals surface area contributed by atoms with Gasteiger partial charge >= 0.3 is 0 Å². The number of carbonyl (C=O) groups excluding carboxylic acids is 1. The number of carbonyl (C=O) groups is 1. The molecule has 1 aliphatic heterocycles. The van der Waals surface area contributed by atoms with E-state index in [1.165, 1.54) is 0 Å². The number of benzene rings is 1. The topological polar surface area (TPSA) is 78.5 Å². The summed E-state index contributed by atoms with van der Waals surface area (Å²) in [5, 5.41) is 2.90. The van der Waals surface area contributed by atoms with Gasteiger partial charge in [0.1, 0.15) is 0 Å². The molecule has 1 heterocycles. The zero-order valence-electron chi connectivity index (χ0n) is 13.5. The average molecular weight is 362 g/mol. The van der Waals surface area contributed by atoms with Crippen LogP contribution in [-0.2, 0) is 27.7 Å². The SMILES string of the molecule is CNCCNS(=O)(=O)c1ccc2c(c1)CCN(C(C)=O)CC2.Cl. The molecule has 0 bridgehead atoms. The summed E-state index contributed by atoms with van der Waals surface area (Å²) < 4.78 is 27.1. The van der Waals surface area contributed by atoms with Crippen molar-refractivity contribution in [2.45, 2.75) is 24.7 Å². The van der Waals surface area contributed by atoms with Gasteiger partial charge < -0.3 is 10.2 Å². The monoisotopic (exact) mass is 361 g/mol. The van der Waals surface area contributed by atoms with E-state index in [1.807, 2.05) is 6.07 Å². The van der Waals surface area contributed by atoms with Crippen LogP contribution >= 0.6 is 12.4 Å². The summed E-state index contributed by atoms with van der Waals surface area (Å²) in [5.41, 5.74) is 2.14. The minimum atomic E-state index is -3.48. The van der Waals surface area contributed by atoms with Crippen LogP contribution in [0.15, 0.2) is 23.1 Å². The number of nitrogens with zero attached hydrogens (tertiary/aromatic N) is 1. The van der Waals surface area contributed by atoms with Gasteiger partial charge in [-0.2, -0.15) is 0 Å². The lowest BCUT2D eigenvalue weighted by molar-refractivity contribution is -0.128. The molecule has 0 saturated carbocycles. The summed E-state index contributed by atoms with van der Waals surface area (Å²) in [6.45, 7) is 3.83. The third-order valence-corrected chi connectivity index (χ3v) is 5.36. The maximum absolute atomic E-state index is 12.2. The average Bonchev–Trinajstić information content (AvgIpc) is 2.69. The van der Waals surface area contributed by atoms with Gasteiger partial charge in [0.25, 0.3) is 0 Å². The number of fused-ring (bicyclic) bond motifs is 1. The van der Waals surface area contributed by atoms with Crippen molar-refractivity contribution in [1.29, 1.82) is 0 Å². The normalized spacial score (nSPS) is 14.6. The van der Waals surface area contributed by atoms with Crippen LogP contribution < -0.4 is 10.0 Å². The highest BCUT2D eigenvalue weighted by molar-refractivity contribution is 7.89. The number of amides is 1. The van der Waals surface area contributed by atoms with Crippen molar-refractivity contribution >= 4 is 28.3 Å². The van der Waals surface area contributed by atoms with E-state index in [2.05, 4.69) is 10.0 Å². The molecule has 23 heavy (non-hydrogen) atoms. The fourth-order valence-electron chi connectivity index (χ4n) is 2.58. The molecule has 1 aliphatic rings. The summed E-state index contributed by atoms with van der Waals surface area (Å²) in [4.78, 5) is 13.6. The predicted octanol–water partition coefficient (Wildman–Crippen LogP) is 0.553. The lowest BCUT2D eigenvalue weighted by Crippen LogP contribution is -2.31. The Balaban J connectivity index is 0.00000264. The third-order valence-electron chi connectivity index (χ3n) is 3.90. The summed E-state index contributed by atoms with van der Waals surface area (Å²) in [7, 11) is -1.70. The predicted molar refractivity (Wildman–Crippen MR) is 92.5 cm³/mol. The van der Waals surface area contributed by atoms with Crippen LogP contribution in [0.5, 0.6) is 0 Å². The number of rotatable bonds is 5. The largest absolute Gasteiger partial charge is 0.342 e. The molecule has 2 N–H and O–H groups in total. The summed E-state index contributed by atoms with van der Waals surface area (Å²) in [6.07, 6.45) is 1.46. The Bertz CT molecular complexity index is 649. The van der Waals surface area contributed by atoms with E-state index in [1.54, 1.807) is 31.0 Å². The van der Waals surface area contributed by atoms with Crippen LogP contribution in [0, 0.1) is 0 Å². The van der Waals surface area contributed by atoms with Gasteiger partial charge in [-0.3, -0.25) is 4.79 Å². The Morgan fingerprint density at radius 1 is 1.17 bits per heavy atom. The second kappa shape index (κ2) is 8.63. The lowest BCUT2D eigenvalue weighted by Gasteiger charge is -2.17. The van der Waals surface area contributed by atoms with Crippen LogP contribution in [-0.4, -0.2) is 52.5 Å². The molecule has 130 valence electrons. The third kappa shape index (κ3) is 5.17. The molecule has 1 aromatic rings. The molecule has 0 spiro atoms. The lowest BCUT2D eigenvalue weighted by atomic mass is 10.0. The number of hydrogen-bond donors (Lipinski definition) is 2. The number of hydrogen-bond acceptors (Lipinski definition) is 4. The van der Waals surface area contributed by atoms with Crippen molar-refractivity contribution in [2.75, 3.05) is 33.2 Å². The summed E-state index contributed by atoms with van der Waals surface area (Å²) in [6, 6.07) is 5.25. The van der Waals surface area contributed by atoms with Gasteiger partial charge in [0.15, 0.2) is 0 Å². The molecule has 0 saturated heterocycles. The highest BCUT2D eigenvalue weighted by Crippen LogP contribution is 2.20. The van der Waals surface area contributed by atoms with Crippen molar-refractivity contribution in [2.24, 2.45) is 0 Å². The highest BCUT2D eigenvalue weighted by atomic mass is 35.5. The van der Waals surface area contributed by atoms with E-state index in [-0.39, 0.29) is 18.3 Å². The fourth-order valence-corrected chi connectivity index (χ4v) is 3.66. The van der Waals surface area contributed by atoms with Gasteiger partial charge in [0.2, 0.25) is 15.9 Å². The smallest absolute Gasteiger partial charge is 0.240 e. The van der Waals surface area contributed by atoms with Crippen molar-refractivity contribution in [3.05, 3.63) is 29.3 Å². The fraction of sp³-hybridized carbons (Fsp3) is 0.533. The molecule has 0 radical (unpaired) electrons. The molecule has 8 heteroatoms. The molecular formula is C15H24ClN3O3S. The Labute approximate surface area is 144 Å². The van der Waals surface area contributed by atoms with Gasteiger partial charge in [0, 0.05) is 33.1 Å². The number of halogens is 1. The van der Waals surface area contributed by atoms with Crippen LogP contribution in [0.25, 0.3) is 0 Å². The van der Waals surface area contributed by atoms with Crippen LogP contribution in [0.4, 0.5) is 0 Å². The molecule has 1 aromatic carbocycles. The Kier molecular flexibility index (Phi) is 7.47. The van der Waals surface area contributed by atoms with E-state index < -0.39 is 10.0 Å². The highest BCUT2D eigenvalue weighted by Gasteiger charge is 2.19. The number of sulfonamides is 1. The van der Waals surface area contributed by atoms with Gasteiger partial charge in [-0.1, -0.05) is 6.07 Å². The number of nitrogens with one attached hydrogen (secondary N) is 2. The van der Waals surface area contributed by atoms with Gasteiger partial charge in [-0.25, -0.2) is 13.1 Å². The van der Waals surface area contributed by atoms with Crippen molar-refractivity contribution < 1.29 is 13.2 Å². The first-order valence-electron chi connectivity index (χ1n) is 7.45. The first-order valence-corrected chi connectivity index (χ1v) is 8.94. The second-order valence-corrected chi connectivity index (χ2v) is 7.20. The quantitative estimate of drug-likeness (QED) is 0.751. The van der Waals surface area contributed by atoms with E-state index >= 15 is 0 Å². The molecule has 0 aromatic heterocycles. The molecule has 1 amide bonds. The standard InChI is InChI=1S/C15H23N3O3S.ClH/c1-12(19)18-9-5-13-3-4-15(11-14(13)6-10-18)22(20,21)17-8-7-16-2;/h3-4,11,16-17H,5-10H2,1-2H3;1H. The molecule has 6 nitrogen and oxygen atoms in total. The van der Waals surface area contributed by atoms with Gasteiger partial charge in [0.05, 0.1) is 4.90 Å². The van der Waals surface area contributed by atoms with Crippen LogP contribution in [0.1, 0.15) is 18.1 Å². The minimum Gasteiger partial charge on any atom is -0.342 e. The first kappa shape index (κ1) is 19.9. The van der Waals surface area contributed by atoms with E-state index in [9.17, 15) is 13.2 Å². The summed E-state index contributed by atoms with van der Waals surface area (Å²) >= 11 is 0. The second-order valence-electron chi connectivity index (χ2n) is 5.44. The van der Waals surface area contributed by atoms with Crippen molar-refractivity contribution in [1.82, 2.24) is 14.9 Å². The van der Waals surface area contributed by atoms with Gasteiger partial charge in [-0.05, 0) is 43.1 Å².